The van der Waals surface area contributed by atoms with E-state index in [-0.39, 0.29) is 11.7 Å². The molecule has 0 aliphatic carbocycles. The Hall–Kier alpha value is -2.81. The van der Waals surface area contributed by atoms with Crippen molar-refractivity contribution in [2.24, 2.45) is 0 Å². The maximum Gasteiger partial charge on any atom is 0.264 e. The summed E-state index contributed by atoms with van der Waals surface area (Å²) in [6.07, 6.45) is 1.70. The minimum absolute atomic E-state index is 0.149. The number of anilines is 1. The highest BCUT2D eigenvalue weighted by molar-refractivity contribution is 7.92. The lowest BCUT2D eigenvalue weighted by Crippen LogP contribution is -2.52. The summed E-state index contributed by atoms with van der Waals surface area (Å²) < 4.78 is 46.7. The molecular weight excluding hydrogens is 452 g/mol. The van der Waals surface area contributed by atoms with Gasteiger partial charge in [0.25, 0.3) is 10.0 Å². The zero-order valence-electron chi connectivity index (χ0n) is 19.5. The number of nitrogens with zero attached hydrogens (tertiary/aromatic N) is 2. The molecule has 180 valence electrons. The van der Waals surface area contributed by atoms with Crippen LogP contribution in [0.5, 0.6) is 11.5 Å². The third-order valence-corrected chi connectivity index (χ3v) is 8.64. The van der Waals surface area contributed by atoms with Crippen LogP contribution in [0.3, 0.4) is 0 Å². The second kappa shape index (κ2) is 9.44. The van der Waals surface area contributed by atoms with E-state index in [4.69, 9.17) is 14.2 Å². The van der Waals surface area contributed by atoms with Gasteiger partial charge in [-0.2, -0.15) is 0 Å². The Morgan fingerprint density at radius 1 is 0.882 bits per heavy atom. The predicted molar refractivity (Wildman–Crippen MR) is 132 cm³/mol. The first-order chi connectivity index (χ1) is 16.4. The molecule has 8 heteroatoms. The summed E-state index contributed by atoms with van der Waals surface area (Å²) in [7, 11) is -1.52. The van der Waals surface area contributed by atoms with Crippen LogP contribution < -0.4 is 13.8 Å². The Morgan fingerprint density at radius 2 is 1.65 bits per heavy atom. The number of quaternary nitrogens is 1. The summed E-state index contributed by atoms with van der Waals surface area (Å²) in [5.41, 5.74) is 0.587. The highest BCUT2D eigenvalue weighted by Gasteiger charge is 2.28. The van der Waals surface area contributed by atoms with Crippen molar-refractivity contribution in [2.75, 3.05) is 57.5 Å². The van der Waals surface area contributed by atoms with Gasteiger partial charge in [-0.15, -0.1) is 0 Å². The summed E-state index contributed by atoms with van der Waals surface area (Å²) in [5, 5.41) is 1.91. The molecule has 0 radical (unpaired) electrons. The largest absolute Gasteiger partial charge is 0.454 e. The first kappa shape index (κ1) is 23.0. The molecule has 5 rings (SSSR count). The Bertz CT molecular complexity index is 1270. The molecule has 0 atom stereocenters. The number of ether oxygens (including phenoxy) is 3. The van der Waals surface area contributed by atoms with E-state index in [1.54, 1.807) is 30.3 Å². The lowest BCUT2D eigenvalue weighted by molar-refractivity contribution is -0.917. The van der Waals surface area contributed by atoms with Crippen LogP contribution in [-0.2, 0) is 14.8 Å². The van der Waals surface area contributed by atoms with Crippen molar-refractivity contribution < 1.29 is 27.1 Å². The maximum absolute atomic E-state index is 13.9. The van der Waals surface area contributed by atoms with E-state index in [0.717, 1.165) is 60.9 Å². The fourth-order valence-corrected chi connectivity index (χ4v) is 6.17. The number of sulfonamides is 1. The fourth-order valence-electron chi connectivity index (χ4n) is 4.64. The fraction of sp³-hybridized carbons (Fsp3) is 0.385. The van der Waals surface area contributed by atoms with Crippen molar-refractivity contribution >= 4 is 26.5 Å². The number of unbranched alkanes of at least 4 members (excludes halogenated alkanes) is 1. The van der Waals surface area contributed by atoms with Crippen LogP contribution >= 0.6 is 0 Å². The summed E-state index contributed by atoms with van der Waals surface area (Å²) in [4.78, 5) is 0.288. The summed E-state index contributed by atoms with van der Waals surface area (Å²) in [5.74, 6) is 1.21. The predicted octanol–water partition coefficient (Wildman–Crippen LogP) is 4.02. The van der Waals surface area contributed by atoms with Gasteiger partial charge >= 0.3 is 0 Å². The minimum Gasteiger partial charge on any atom is -0.454 e. The van der Waals surface area contributed by atoms with E-state index in [1.807, 2.05) is 30.3 Å². The Kier molecular flexibility index (Phi) is 6.38. The Balaban J connectivity index is 1.40. The van der Waals surface area contributed by atoms with Gasteiger partial charge in [-0.1, -0.05) is 30.3 Å². The molecule has 1 fully saturated rings. The first-order valence-electron chi connectivity index (χ1n) is 11.8. The molecule has 0 saturated carbocycles. The van der Waals surface area contributed by atoms with Crippen molar-refractivity contribution in [1.29, 1.82) is 0 Å². The van der Waals surface area contributed by atoms with Gasteiger partial charge in [0.05, 0.1) is 37.4 Å². The number of benzene rings is 3. The first-order valence-corrected chi connectivity index (χ1v) is 13.2. The molecule has 0 amide bonds. The molecule has 2 heterocycles. The number of hydrogen-bond donors (Lipinski definition) is 0. The second-order valence-electron chi connectivity index (χ2n) is 9.23. The van der Waals surface area contributed by atoms with Crippen molar-refractivity contribution in [2.45, 2.75) is 17.7 Å². The average molecular weight is 484 g/mol. The lowest BCUT2D eigenvalue weighted by Gasteiger charge is -2.37. The quantitative estimate of drug-likeness (QED) is 0.358. The number of hydrogen-bond acceptors (Lipinski definition) is 5. The average Bonchev–Trinajstić information content (AvgIpc) is 3.32. The van der Waals surface area contributed by atoms with Crippen LogP contribution in [-0.4, -0.2) is 66.1 Å². The standard InChI is InChI=1S/C26H31N2O5S/c1-28(14-16-31-17-15-28)13-5-4-12-27(23-9-11-25-26(19-23)33-20-32-25)34(29,30)24-10-8-21-6-2-3-7-22(21)18-24/h2-3,6-11,18-19H,4-5,12-17,20H2,1H3/q+1. The molecule has 7 nitrogen and oxygen atoms in total. The van der Waals surface area contributed by atoms with Gasteiger partial charge in [0.15, 0.2) is 11.5 Å². The number of rotatable bonds is 8. The summed E-state index contributed by atoms with van der Waals surface area (Å²) in [6, 6.07) is 18.4. The van der Waals surface area contributed by atoms with Crippen LogP contribution in [0.2, 0.25) is 0 Å². The second-order valence-corrected chi connectivity index (χ2v) is 11.1. The van der Waals surface area contributed by atoms with Gasteiger partial charge in [0, 0.05) is 12.6 Å². The van der Waals surface area contributed by atoms with Crippen molar-refractivity contribution in [3.8, 4) is 11.5 Å². The highest BCUT2D eigenvalue weighted by Crippen LogP contribution is 2.37. The van der Waals surface area contributed by atoms with Crippen LogP contribution in [0.1, 0.15) is 12.8 Å². The van der Waals surface area contributed by atoms with Crippen LogP contribution in [0.15, 0.2) is 65.6 Å². The molecule has 0 aromatic heterocycles. The number of fused-ring (bicyclic) bond motifs is 2. The van der Waals surface area contributed by atoms with Crippen molar-refractivity contribution in [3.63, 3.8) is 0 Å². The van der Waals surface area contributed by atoms with E-state index in [9.17, 15) is 8.42 Å². The highest BCUT2D eigenvalue weighted by atomic mass is 32.2. The Labute approximate surface area is 201 Å². The summed E-state index contributed by atoms with van der Waals surface area (Å²) in [6.45, 7) is 5.13. The molecule has 0 N–H and O–H groups in total. The van der Waals surface area contributed by atoms with E-state index in [0.29, 0.717) is 23.7 Å². The minimum atomic E-state index is -3.77. The number of morpholine rings is 1. The molecule has 1 saturated heterocycles. The Morgan fingerprint density at radius 3 is 2.47 bits per heavy atom. The van der Waals surface area contributed by atoms with Crippen LogP contribution in [0.25, 0.3) is 10.8 Å². The molecule has 0 spiro atoms. The zero-order valence-corrected chi connectivity index (χ0v) is 20.3. The molecule has 34 heavy (non-hydrogen) atoms. The zero-order chi connectivity index (χ0) is 23.6. The third-order valence-electron chi connectivity index (χ3n) is 6.81. The SMILES string of the molecule is C[N+]1(CCCCN(c2ccc3c(c2)OCO3)S(=O)(=O)c2ccc3ccccc3c2)CCOCC1. The van der Waals surface area contributed by atoms with Gasteiger partial charge in [-0.25, -0.2) is 8.42 Å². The van der Waals surface area contributed by atoms with Crippen molar-refractivity contribution in [3.05, 3.63) is 60.7 Å². The topological polar surface area (TPSA) is 65.1 Å². The lowest BCUT2D eigenvalue weighted by atomic mass is 10.1. The maximum atomic E-state index is 13.9. The van der Waals surface area contributed by atoms with Gasteiger partial charge in [-0.3, -0.25) is 4.31 Å². The molecule has 0 unspecified atom stereocenters. The van der Waals surface area contributed by atoms with E-state index in [1.165, 1.54) is 4.31 Å². The smallest absolute Gasteiger partial charge is 0.264 e. The number of likely N-dealkylation sites (N-methyl/N-ethyl adjacent to an activating group) is 1. The van der Waals surface area contributed by atoms with Gasteiger partial charge in [0.2, 0.25) is 6.79 Å². The van der Waals surface area contributed by atoms with E-state index in [2.05, 4.69) is 7.05 Å². The van der Waals surface area contributed by atoms with Gasteiger partial charge in [-0.05, 0) is 47.9 Å². The molecular formula is C26H31N2O5S+. The summed E-state index contributed by atoms with van der Waals surface area (Å²) >= 11 is 0. The van der Waals surface area contributed by atoms with E-state index < -0.39 is 10.0 Å². The molecule has 2 aliphatic rings. The molecule has 3 aromatic rings. The van der Waals surface area contributed by atoms with E-state index >= 15 is 0 Å². The third kappa shape index (κ3) is 4.71. The van der Waals surface area contributed by atoms with Crippen molar-refractivity contribution in [1.82, 2.24) is 0 Å². The molecule has 2 aliphatic heterocycles. The van der Waals surface area contributed by atoms with Crippen LogP contribution in [0.4, 0.5) is 5.69 Å². The molecule has 0 bridgehead atoms. The van der Waals surface area contributed by atoms with Gasteiger partial charge < -0.3 is 18.7 Å². The normalized spacial score (nSPS) is 17.1. The van der Waals surface area contributed by atoms with Crippen LogP contribution in [0, 0.1) is 0 Å². The molecule has 3 aromatic carbocycles. The monoisotopic (exact) mass is 483 g/mol. The van der Waals surface area contributed by atoms with Gasteiger partial charge in [0.1, 0.15) is 13.1 Å².